The van der Waals surface area contributed by atoms with Gasteiger partial charge in [-0.1, -0.05) is 12.8 Å². The topological polar surface area (TPSA) is 69.7 Å². The highest BCUT2D eigenvalue weighted by atomic mass is 35.7. The van der Waals surface area contributed by atoms with Gasteiger partial charge in [0.05, 0.1) is 19.3 Å². The van der Waals surface area contributed by atoms with Crippen molar-refractivity contribution in [3.05, 3.63) is 23.8 Å². The fourth-order valence-corrected chi connectivity index (χ4v) is 2.82. The molecular weight excluding hydrogens is 304 g/mol. The highest BCUT2D eigenvalue weighted by molar-refractivity contribution is 8.13. The second-order valence-corrected chi connectivity index (χ2v) is 7.21. The Labute approximate surface area is 122 Å². The average Bonchev–Trinajstić information content (AvgIpc) is 3.21. The number of halogens is 1. The maximum Gasteiger partial charge on any atom is 0.338 e. The van der Waals surface area contributed by atoms with E-state index in [1.165, 1.54) is 38.2 Å². The van der Waals surface area contributed by atoms with Crippen LogP contribution in [-0.4, -0.2) is 28.1 Å². The van der Waals surface area contributed by atoms with Gasteiger partial charge >= 0.3 is 5.97 Å². The molecule has 110 valence electrons. The summed E-state index contributed by atoms with van der Waals surface area (Å²) in [6.07, 6.45) is 3.23. The molecule has 1 aliphatic carbocycles. The predicted molar refractivity (Wildman–Crippen MR) is 73.7 cm³/mol. The Bertz CT molecular complexity index is 607. The molecule has 1 aromatic carbocycles. The number of rotatable bonds is 6. The fraction of sp³-hybridized carbons (Fsp3) is 0.462. The van der Waals surface area contributed by atoms with E-state index in [2.05, 4.69) is 0 Å². The largest absolute Gasteiger partial charge is 0.495 e. The quantitative estimate of drug-likeness (QED) is 0.595. The second kappa shape index (κ2) is 6.01. The van der Waals surface area contributed by atoms with Crippen molar-refractivity contribution >= 4 is 25.7 Å². The molecular formula is C13H15ClO5S. The zero-order chi connectivity index (χ0) is 14.8. The molecule has 20 heavy (non-hydrogen) atoms. The molecule has 1 aromatic rings. The van der Waals surface area contributed by atoms with Gasteiger partial charge in [-0.25, -0.2) is 13.2 Å². The Morgan fingerprint density at radius 3 is 2.65 bits per heavy atom. The molecule has 1 saturated carbocycles. The van der Waals surface area contributed by atoms with E-state index in [4.69, 9.17) is 20.2 Å². The average molecular weight is 319 g/mol. The first kappa shape index (κ1) is 15.1. The number of carbonyl (C=O) groups is 1. The first-order valence-electron chi connectivity index (χ1n) is 6.21. The molecule has 1 aliphatic rings. The Morgan fingerprint density at radius 1 is 1.40 bits per heavy atom. The summed E-state index contributed by atoms with van der Waals surface area (Å²) in [5.74, 6) is 0.196. The minimum Gasteiger partial charge on any atom is -0.495 e. The normalized spacial score (nSPS) is 14.9. The fourth-order valence-electron chi connectivity index (χ4n) is 1.80. The Balaban J connectivity index is 2.12. The molecule has 0 saturated heterocycles. The van der Waals surface area contributed by atoms with Gasteiger partial charge in [0.25, 0.3) is 9.05 Å². The van der Waals surface area contributed by atoms with Crippen LogP contribution < -0.4 is 4.74 Å². The van der Waals surface area contributed by atoms with Crippen molar-refractivity contribution in [3.63, 3.8) is 0 Å². The SMILES string of the molecule is COc1ccc(C(=O)OCCC2CC2)cc1S(=O)(=O)Cl. The second-order valence-electron chi connectivity index (χ2n) is 4.67. The maximum absolute atomic E-state index is 11.8. The summed E-state index contributed by atoms with van der Waals surface area (Å²) in [7, 11) is 2.66. The van der Waals surface area contributed by atoms with Crippen LogP contribution in [-0.2, 0) is 13.8 Å². The molecule has 0 amide bonds. The third-order valence-electron chi connectivity index (χ3n) is 3.12. The van der Waals surface area contributed by atoms with Crippen molar-refractivity contribution in [1.29, 1.82) is 0 Å². The summed E-state index contributed by atoms with van der Waals surface area (Å²) in [5.41, 5.74) is 0.140. The molecule has 0 radical (unpaired) electrons. The number of ether oxygens (including phenoxy) is 2. The minimum atomic E-state index is -3.99. The molecule has 1 fully saturated rings. The minimum absolute atomic E-state index is 0.0922. The molecule has 0 atom stereocenters. The summed E-state index contributed by atoms with van der Waals surface area (Å²) in [6.45, 7) is 0.346. The van der Waals surface area contributed by atoms with Gasteiger partial charge in [0.2, 0.25) is 0 Å². The molecule has 7 heteroatoms. The number of methoxy groups -OCH3 is 1. The van der Waals surface area contributed by atoms with Gasteiger partial charge in [0.1, 0.15) is 10.6 Å². The van der Waals surface area contributed by atoms with E-state index in [0.29, 0.717) is 12.5 Å². The van der Waals surface area contributed by atoms with Crippen LogP contribution in [0.5, 0.6) is 5.75 Å². The standard InChI is InChI=1S/C13H15ClO5S/c1-18-11-5-4-10(8-12(11)20(14,16)17)13(15)19-7-6-9-2-3-9/h4-5,8-9H,2-3,6-7H2,1H3. The highest BCUT2D eigenvalue weighted by Crippen LogP contribution is 2.32. The van der Waals surface area contributed by atoms with Crippen LogP contribution in [0.2, 0.25) is 0 Å². The van der Waals surface area contributed by atoms with Crippen LogP contribution >= 0.6 is 10.7 Å². The van der Waals surface area contributed by atoms with Gasteiger partial charge in [-0.2, -0.15) is 0 Å². The van der Waals surface area contributed by atoms with Crippen molar-refractivity contribution in [2.24, 2.45) is 5.92 Å². The first-order valence-corrected chi connectivity index (χ1v) is 8.52. The molecule has 0 aromatic heterocycles. The molecule has 5 nitrogen and oxygen atoms in total. The van der Waals surface area contributed by atoms with Gasteiger partial charge in [0, 0.05) is 10.7 Å². The monoisotopic (exact) mass is 318 g/mol. The zero-order valence-corrected chi connectivity index (χ0v) is 12.5. The lowest BCUT2D eigenvalue weighted by molar-refractivity contribution is 0.0494. The lowest BCUT2D eigenvalue weighted by Crippen LogP contribution is -2.08. The van der Waals surface area contributed by atoms with Crippen molar-refractivity contribution in [1.82, 2.24) is 0 Å². The van der Waals surface area contributed by atoms with Crippen LogP contribution in [0.3, 0.4) is 0 Å². The van der Waals surface area contributed by atoms with E-state index >= 15 is 0 Å². The van der Waals surface area contributed by atoms with Gasteiger partial charge in [-0.3, -0.25) is 0 Å². The van der Waals surface area contributed by atoms with Gasteiger partial charge < -0.3 is 9.47 Å². The number of carbonyl (C=O) groups excluding carboxylic acids is 1. The summed E-state index contributed by atoms with van der Waals surface area (Å²) < 4.78 is 32.9. The smallest absolute Gasteiger partial charge is 0.338 e. The molecule has 0 unspecified atom stereocenters. The molecule has 0 aliphatic heterocycles. The zero-order valence-electron chi connectivity index (χ0n) is 11.0. The first-order chi connectivity index (χ1) is 9.41. The lowest BCUT2D eigenvalue weighted by atomic mass is 10.2. The van der Waals surface area contributed by atoms with E-state index in [9.17, 15) is 13.2 Å². The Kier molecular flexibility index (Phi) is 4.55. The van der Waals surface area contributed by atoms with E-state index in [0.717, 1.165) is 6.42 Å². The Hall–Kier alpha value is -1.27. The van der Waals surface area contributed by atoms with E-state index < -0.39 is 15.0 Å². The van der Waals surface area contributed by atoms with Crippen LogP contribution in [0, 0.1) is 5.92 Å². The number of benzene rings is 1. The van der Waals surface area contributed by atoms with Crippen molar-refractivity contribution in [2.75, 3.05) is 13.7 Å². The van der Waals surface area contributed by atoms with Crippen LogP contribution in [0.1, 0.15) is 29.6 Å². The van der Waals surface area contributed by atoms with Crippen molar-refractivity contribution < 1.29 is 22.7 Å². The van der Waals surface area contributed by atoms with Crippen LogP contribution in [0.25, 0.3) is 0 Å². The lowest BCUT2D eigenvalue weighted by Gasteiger charge is -2.08. The molecule has 2 rings (SSSR count). The van der Waals surface area contributed by atoms with Crippen molar-refractivity contribution in [3.8, 4) is 5.75 Å². The third-order valence-corrected chi connectivity index (χ3v) is 4.46. The van der Waals surface area contributed by atoms with E-state index in [-0.39, 0.29) is 16.2 Å². The van der Waals surface area contributed by atoms with Gasteiger partial charge in [-0.05, 0) is 30.5 Å². The molecule has 0 bridgehead atoms. The van der Waals surface area contributed by atoms with Gasteiger partial charge in [0.15, 0.2) is 0 Å². The maximum atomic E-state index is 11.8. The Morgan fingerprint density at radius 2 is 2.10 bits per heavy atom. The highest BCUT2D eigenvalue weighted by Gasteiger charge is 2.22. The van der Waals surface area contributed by atoms with Crippen molar-refractivity contribution in [2.45, 2.75) is 24.2 Å². The third kappa shape index (κ3) is 3.86. The predicted octanol–water partition coefficient (Wildman–Crippen LogP) is 2.58. The van der Waals surface area contributed by atoms with E-state index in [1.54, 1.807) is 0 Å². The molecule has 0 spiro atoms. The number of esters is 1. The summed E-state index contributed by atoms with van der Waals surface area (Å²) >= 11 is 0. The number of hydrogen-bond acceptors (Lipinski definition) is 5. The number of hydrogen-bond donors (Lipinski definition) is 0. The molecule has 0 N–H and O–H groups in total. The van der Waals surface area contributed by atoms with Crippen LogP contribution in [0.15, 0.2) is 23.1 Å². The summed E-state index contributed by atoms with van der Waals surface area (Å²) in [6, 6.07) is 4.00. The van der Waals surface area contributed by atoms with Crippen LogP contribution in [0.4, 0.5) is 0 Å². The van der Waals surface area contributed by atoms with Gasteiger partial charge in [-0.15, -0.1) is 0 Å². The summed E-state index contributed by atoms with van der Waals surface area (Å²) in [4.78, 5) is 11.6. The molecule has 0 heterocycles. The van der Waals surface area contributed by atoms with E-state index in [1.807, 2.05) is 0 Å². The summed E-state index contributed by atoms with van der Waals surface area (Å²) in [5, 5.41) is 0.